The molecular weight excluding hydrogens is 359 g/mol. The zero-order chi connectivity index (χ0) is 19.2. The van der Waals surface area contributed by atoms with Crippen LogP contribution in [-0.2, 0) is 14.8 Å². The molecule has 0 saturated carbocycles. The average molecular weight is 380 g/mol. The van der Waals surface area contributed by atoms with E-state index in [0.29, 0.717) is 18.8 Å². The van der Waals surface area contributed by atoms with Gasteiger partial charge in [0.2, 0.25) is 10.0 Å². The van der Waals surface area contributed by atoms with Gasteiger partial charge in [0.05, 0.1) is 4.90 Å². The van der Waals surface area contributed by atoms with Crippen molar-refractivity contribution in [2.24, 2.45) is 0 Å². The van der Waals surface area contributed by atoms with Gasteiger partial charge in [0, 0.05) is 24.8 Å². The normalized spacial score (nSPS) is 11.4. The fourth-order valence-electron chi connectivity index (χ4n) is 2.33. The smallest absolute Gasteiger partial charge is 0.262 e. The van der Waals surface area contributed by atoms with Gasteiger partial charge >= 0.3 is 0 Å². The predicted molar refractivity (Wildman–Crippen MR) is 97.1 cm³/mol. The number of rotatable bonds is 8. The Balaban J connectivity index is 1.97. The van der Waals surface area contributed by atoms with E-state index in [-0.39, 0.29) is 17.3 Å². The van der Waals surface area contributed by atoms with Gasteiger partial charge in [-0.2, -0.15) is 4.31 Å². The molecule has 0 saturated heterocycles. The second-order valence-electron chi connectivity index (χ2n) is 5.41. The molecule has 2 aromatic carbocycles. The summed E-state index contributed by atoms with van der Waals surface area (Å²) in [5, 5.41) is 2.60. The molecule has 0 aliphatic rings. The number of benzene rings is 2. The lowest BCUT2D eigenvalue weighted by atomic mass is 10.3. The van der Waals surface area contributed by atoms with Crippen LogP contribution in [0.1, 0.15) is 13.8 Å². The lowest BCUT2D eigenvalue weighted by Crippen LogP contribution is -2.30. The van der Waals surface area contributed by atoms with E-state index >= 15 is 0 Å². The van der Waals surface area contributed by atoms with Gasteiger partial charge < -0.3 is 10.1 Å². The largest absolute Gasteiger partial charge is 0.484 e. The molecule has 0 spiro atoms. The zero-order valence-corrected chi connectivity index (χ0v) is 15.4. The number of anilines is 1. The molecule has 0 bridgehead atoms. The van der Waals surface area contributed by atoms with Crippen LogP contribution in [0, 0.1) is 5.82 Å². The molecular formula is C18H21FN2O4S. The number of nitrogens with one attached hydrogen (secondary N) is 1. The topological polar surface area (TPSA) is 75.7 Å². The van der Waals surface area contributed by atoms with Crippen LogP contribution in [0.15, 0.2) is 53.4 Å². The fraction of sp³-hybridized carbons (Fsp3) is 0.278. The summed E-state index contributed by atoms with van der Waals surface area (Å²) in [4.78, 5) is 12.1. The van der Waals surface area contributed by atoms with Crippen molar-refractivity contribution in [2.45, 2.75) is 18.7 Å². The third-order valence-corrected chi connectivity index (χ3v) is 5.71. The zero-order valence-electron chi connectivity index (χ0n) is 14.6. The van der Waals surface area contributed by atoms with Gasteiger partial charge in [-0.25, -0.2) is 12.8 Å². The van der Waals surface area contributed by atoms with E-state index in [1.54, 1.807) is 19.9 Å². The summed E-state index contributed by atoms with van der Waals surface area (Å²) >= 11 is 0. The molecule has 0 radical (unpaired) electrons. The molecule has 6 nitrogen and oxygen atoms in total. The molecule has 0 heterocycles. The summed E-state index contributed by atoms with van der Waals surface area (Å²) in [7, 11) is -3.54. The Bertz CT molecular complexity index is 850. The van der Waals surface area contributed by atoms with Gasteiger partial charge in [-0.15, -0.1) is 0 Å². The molecule has 8 heteroatoms. The molecule has 0 aliphatic carbocycles. The summed E-state index contributed by atoms with van der Waals surface area (Å²) in [5.74, 6) is -0.637. The maximum Gasteiger partial charge on any atom is 0.262 e. The number of amides is 1. The summed E-state index contributed by atoms with van der Waals surface area (Å²) in [5.41, 5.74) is 0.441. The fourth-order valence-corrected chi connectivity index (χ4v) is 3.78. The van der Waals surface area contributed by atoms with E-state index in [4.69, 9.17) is 4.74 Å². The van der Waals surface area contributed by atoms with Crippen LogP contribution < -0.4 is 10.1 Å². The lowest BCUT2D eigenvalue weighted by molar-refractivity contribution is -0.118. The average Bonchev–Trinajstić information content (AvgIpc) is 2.61. The molecule has 1 N–H and O–H groups in total. The van der Waals surface area contributed by atoms with Gasteiger partial charge in [0.25, 0.3) is 5.91 Å². The maximum atomic E-state index is 13.0. The number of nitrogens with zero attached hydrogens (tertiary/aromatic N) is 1. The second-order valence-corrected chi connectivity index (χ2v) is 7.35. The number of carbonyl (C=O) groups excluding carboxylic acids is 1. The third kappa shape index (κ3) is 5.03. The SMILES string of the molecule is CCN(CC)S(=O)(=O)c1ccc(NC(=O)COc2cccc(F)c2)cc1. The van der Waals surface area contributed by atoms with E-state index in [2.05, 4.69) is 5.32 Å². The van der Waals surface area contributed by atoms with Crippen LogP contribution in [0.2, 0.25) is 0 Å². The van der Waals surface area contributed by atoms with Crippen molar-refractivity contribution in [3.05, 3.63) is 54.3 Å². The molecule has 0 fully saturated rings. The Morgan fingerprint density at radius 3 is 2.35 bits per heavy atom. The molecule has 2 aromatic rings. The molecule has 26 heavy (non-hydrogen) atoms. The third-order valence-electron chi connectivity index (χ3n) is 3.65. The first-order chi connectivity index (χ1) is 12.4. The first kappa shape index (κ1) is 19.9. The van der Waals surface area contributed by atoms with Crippen LogP contribution >= 0.6 is 0 Å². The standard InChI is InChI=1S/C18H21FN2O4S/c1-3-21(4-2)26(23,24)17-10-8-15(9-11-17)20-18(22)13-25-16-7-5-6-14(19)12-16/h5-12H,3-4,13H2,1-2H3,(H,20,22). The number of halogens is 1. The minimum Gasteiger partial charge on any atom is -0.484 e. The summed E-state index contributed by atoms with van der Waals surface area (Å²) in [6.07, 6.45) is 0. The Morgan fingerprint density at radius 1 is 1.12 bits per heavy atom. The van der Waals surface area contributed by atoms with Crippen LogP contribution in [0.4, 0.5) is 10.1 Å². The Kier molecular flexibility index (Phi) is 6.70. The van der Waals surface area contributed by atoms with Crippen molar-refractivity contribution in [2.75, 3.05) is 25.0 Å². The number of ether oxygens (including phenoxy) is 1. The Hall–Kier alpha value is -2.45. The highest BCUT2D eigenvalue weighted by Gasteiger charge is 2.21. The molecule has 0 aliphatic heterocycles. The summed E-state index contributed by atoms with van der Waals surface area (Å²) in [6.45, 7) is 4.02. The summed E-state index contributed by atoms with van der Waals surface area (Å²) < 4.78 is 44.4. The molecule has 0 unspecified atom stereocenters. The molecule has 0 aromatic heterocycles. The van der Waals surface area contributed by atoms with Gasteiger partial charge in [-0.3, -0.25) is 4.79 Å². The van der Waals surface area contributed by atoms with E-state index in [9.17, 15) is 17.6 Å². The quantitative estimate of drug-likeness (QED) is 0.764. The van der Waals surface area contributed by atoms with Gasteiger partial charge in [-0.05, 0) is 36.4 Å². The highest BCUT2D eigenvalue weighted by atomic mass is 32.2. The van der Waals surface area contributed by atoms with Gasteiger partial charge in [-0.1, -0.05) is 19.9 Å². The van der Waals surface area contributed by atoms with Crippen molar-refractivity contribution in [1.29, 1.82) is 0 Å². The van der Waals surface area contributed by atoms with E-state index < -0.39 is 21.7 Å². The highest BCUT2D eigenvalue weighted by Crippen LogP contribution is 2.18. The molecule has 1 amide bonds. The Morgan fingerprint density at radius 2 is 1.77 bits per heavy atom. The van der Waals surface area contributed by atoms with Gasteiger partial charge in [0.1, 0.15) is 11.6 Å². The predicted octanol–water partition coefficient (Wildman–Crippen LogP) is 2.87. The van der Waals surface area contributed by atoms with Crippen molar-refractivity contribution >= 4 is 21.6 Å². The number of hydrogen-bond donors (Lipinski definition) is 1. The van der Waals surface area contributed by atoms with Crippen molar-refractivity contribution in [3.63, 3.8) is 0 Å². The highest BCUT2D eigenvalue weighted by molar-refractivity contribution is 7.89. The van der Waals surface area contributed by atoms with E-state index in [0.717, 1.165) is 0 Å². The van der Waals surface area contributed by atoms with E-state index in [1.807, 2.05) is 0 Å². The number of hydrogen-bond acceptors (Lipinski definition) is 4. The van der Waals surface area contributed by atoms with Crippen LogP contribution in [0.5, 0.6) is 5.75 Å². The minimum atomic E-state index is -3.54. The lowest BCUT2D eigenvalue weighted by Gasteiger charge is -2.18. The first-order valence-corrected chi connectivity index (χ1v) is 9.59. The molecule has 140 valence electrons. The molecule has 2 rings (SSSR count). The number of sulfonamides is 1. The monoisotopic (exact) mass is 380 g/mol. The second kappa shape index (κ2) is 8.77. The van der Waals surface area contributed by atoms with Crippen molar-refractivity contribution in [3.8, 4) is 5.75 Å². The van der Waals surface area contributed by atoms with Crippen LogP contribution in [0.25, 0.3) is 0 Å². The summed E-state index contributed by atoms with van der Waals surface area (Å²) in [6, 6.07) is 11.4. The van der Waals surface area contributed by atoms with Crippen molar-refractivity contribution < 1.29 is 22.3 Å². The van der Waals surface area contributed by atoms with Crippen molar-refractivity contribution in [1.82, 2.24) is 4.31 Å². The molecule has 0 atom stereocenters. The van der Waals surface area contributed by atoms with Crippen LogP contribution in [0.3, 0.4) is 0 Å². The first-order valence-electron chi connectivity index (χ1n) is 8.15. The van der Waals surface area contributed by atoms with Gasteiger partial charge in [0.15, 0.2) is 6.61 Å². The van der Waals surface area contributed by atoms with Crippen LogP contribution in [-0.4, -0.2) is 38.3 Å². The van der Waals surface area contributed by atoms with E-state index in [1.165, 1.54) is 46.8 Å². The number of carbonyl (C=O) groups is 1. The maximum absolute atomic E-state index is 13.0. The Labute approximate surface area is 152 Å². The minimum absolute atomic E-state index is 0.162.